The van der Waals surface area contributed by atoms with Gasteiger partial charge >= 0.3 is 0 Å². The van der Waals surface area contributed by atoms with E-state index in [0.717, 1.165) is 31.2 Å². The van der Waals surface area contributed by atoms with Gasteiger partial charge in [-0.2, -0.15) is 0 Å². The first-order valence-electron chi connectivity index (χ1n) is 8.35. The molecule has 1 aromatic rings. The van der Waals surface area contributed by atoms with Crippen LogP contribution < -0.4 is 16.4 Å². The van der Waals surface area contributed by atoms with Gasteiger partial charge in [0, 0.05) is 25.7 Å². The second kappa shape index (κ2) is 7.99. The van der Waals surface area contributed by atoms with E-state index < -0.39 is 0 Å². The molecule has 0 unspecified atom stereocenters. The third-order valence-electron chi connectivity index (χ3n) is 4.70. The number of rotatable bonds is 6. The maximum absolute atomic E-state index is 12.2. The highest BCUT2D eigenvalue weighted by atomic mass is 16.2. The lowest BCUT2D eigenvalue weighted by Gasteiger charge is -2.37. The largest absolute Gasteiger partial charge is 0.399 e. The molecule has 126 valence electrons. The van der Waals surface area contributed by atoms with Crippen LogP contribution in [0.25, 0.3) is 0 Å². The third-order valence-corrected chi connectivity index (χ3v) is 4.70. The van der Waals surface area contributed by atoms with Gasteiger partial charge in [-0.3, -0.25) is 9.59 Å². The zero-order valence-electron chi connectivity index (χ0n) is 13.9. The highest BCUT2D eigenvalue weighted by Gasteiger charge is 2.34. The number of anilines is 1. The molecule has 0 bridgehead atoms. The number of carbonyl (C=O) groups is 2. The van der Waals surface area contributed by atoms with Gasteiger partial charge in [-0.05, 0) is 36.0 Å². The SMILES string of the molecule is CNC(=O)CC1(CNC(=O)Cc2cccc(N)c2)CCCCC1. The van der Waals surface area contributed by atoms with E-state index in [0.29, 0.717) is 25.1 Å². The lowest BCUT2D eigenvalue weighted by Crippen LogP contribution is -2.42. The van der Waals surface area contributed by atoms with Crippen molar-refractivity contribution in [2.45, 2.75) is 44.9 Å². The molecule has 5 heteroatoms. The van der Waals surface area contributed by atoms with Gasteiger partial charge in [-0.15, -0.1) is 0 Å². The first-order valence-corrected chi connectivity index (χ1v) is 8.35. The normalized spacial score (nSPS) is 16.6. The topological polar surface area (TPSA) is 84.2 Å². The Morgan fingerprint density at radius 1 is 1.17 bits per heavy atom. The van der Waals surface area contributed by atoms with Crippen molar-refractivity contribution in [3.05, 3.63) is 29.8 Å². The van der Waals surface area contributed by atoms with Crippen LogP contribution in [-0.4, -0.2) is 25.4 Å². The minimum absolute atomic E-state index is 0.0162. The van der Waals surface area contributed by atoms with Gasteiger partial charge in [-0.1, -0.05) is 31.4 Å². The lowest BCUT2D eigenvalue weighted by atomic mass is 9.71. The number of hydrogen-bond acceptors (Lipinski definition) is 3. The summed E-state index contributed by atoms with van der Waals surface area (Å²) in [6, 6.07) is 7.38. The Morgan fingerprint density at radius 2 is 1.91 bits per heavy atom. The van der Waals surface area contributed by atoms with Gasteiger partial charge in [0.15, 0.2) is 0 Å². The molecule has 0 aromatic heterocycles. The average molecular weight is 317 g/mol. The predicted octanol–water partition coefficient (Wildman–Crippen LogP) is 2.01. The van der Waals surface area contributed by atoms with Crippen LogP contribution in [0.15, 0.2) is 24.3 Å². The summed E-state index contributed by atoms with van der Waals surface area (Å²) in [5, 5.41) is 5.74. The molecule has 0 atom stereocenters. The summed E-state index contributed by atoms with van der Waals surface area (Å²) < 4.78 is 0. The quantitative estimate of drug-likeness (QED) is 0.702. The molecule has 4 N–H and O–H groups in total. The minimum Gasteiger partial charge on any atom is -0.399 e. The summed E-state index contributed by atoms with van der Waals surface area (Å²) in [5.41, 5.74) is 7.22. The fourth-order valence-corrected chi connectivity index (χ4v) is 3.38. The third kappa shape index (κ3) is 5.27. The van der Waals surface area contributed by atoms with Crippen LogP contribution in [-0.2, 0) is 16.0 Å². The van der Waals surface area contributed by atoms with Crippen LogP contribution in [0.3, 0.4) is 0 Å². The molecule has 0 saturated heterocycles. The number of benzene rings is 1. The summed E-state index contributed by atoms with van der Waals surface area (Å²) in [5.74, 6) is 0.0365. The summed E-state index contributed by atoms with van der Waals surface area (Å²) >= 11 is 0. The van der Waals surface area contributed by atoms with Gasteiger partial charge in [0.2, 0.25) is 11.8 Å². The molecule has 23 heavy (non-hydrogen) atoms. The van der Waals surface area contributed by atoms with E-state index in [4.69, 9.17) is 5.73 Å². The monoisotopic (exact) mass is 317 g/mol. The molecule has 1 aliphatic rings. The first kappa shape index (κ1) is 17.3. The number of hydrogen-bond donors (Lipinski definition) is 3. The zero-order valence-corrected chi connectivity index (χ0v) is 13.9. The molecule has 0 spiro atoms. The van der Waals surface area contributed by atoms with E-state index in [1.807, 2.05) is 24.3 Å². The minimum atomic E-state index is -0.0935. The number of nitrogens with two attached hydrogens (primary N) is 1. The number of nitrogen functional groups attached to an aromatic ring is 1. The van der Waals surface area contributed by atoms with Crippen LogP contribution >= 0.6 is 0 Å². The van der Waals surface area contributed by atoms with Crippen molar-refractivity contribution >= 4 is 17.5 Å². The van der Waals surface area contributed by atoms with Crippen molar-refractivity contribution in [3.63, 3.8) is 0 Å². The van der Waals surface area contributed by atoms with Gasteiger partial charge in [0.1, 0.15) is 0 Å². The summed E-state index contributed by atoms with van der Waals surface area (Å²) in [6.45, 7) is 0.571. The zero-order chi connectivity index (χ0) is 16.7. The van der Waals surface area contributed by atoms with Crippen LogP contribution in [0.5, 0.6) is 0 Å². The van der Waals surface area contributed by atoms with Crippen molar-refractivity contribution in [1.82, 2.24) is 10.6 Å². The molecule has 2 rings (SSSR count). The Kier molecular flexibility index (Phi) is 6.02. The molecule has 0 radical (unpaired) electrons. The van der Waals surface area contributed by atoms with E-state index in [1.54, 1.807) is 7.05 Å². The van der Waals surface area contributed by atoms with E-state index in [-0.39, 0.29) is 17.2 Å². The number of nitrogens with one attached hydrogen (secondary N) is 2. The Bertz CT molecular complexity index is 551. The van der Waals surface area contributed by atoms with E-state index >= 15 is 0 Å². The Labute approximate surface area is 138 Å². The van der Waals surface area contributed by atoms with Crippen molar-refractivity contribution in [1.29, 1.82) is 0 Å². The molecule has 5 nitrogen and oxygen atoms in total. The molecule has 0 aliphatic heterocycles. The van der Waals surface area contributed by atoms with Crippen molar-refractivity contribution in [2.24, 2.45) is 5.41 Å². The van der Waals surface area contributed by atoms with Crippen LogP contribution in [0, 0.1) is 5.41 Å². The van der Waals surface area contributed by atoms with Gasteiger partial charge < -0.3 is 16.4 Å². The standard InChI is InChI=1S/C18H27N3O2/c1-20-17(23)12-18(8-3-2-4-9-18)13-21-16(22)11-14-6-5-7-15(19)10-14/h5-7,10H,2-4,8-9,11-13,19H2,1H3,(H,20,23)(H,21,22). The molecule has 0 heterocycles. The highest BCUT2D eigenvalue weighted by molar-refractivity contribution is 5.79. The van der Waals surface area contributed by atoms with E-state index in [9.17, 15) is 9.59 Å². The second-order valence-corrected chi connectivity index (χ2v) is 6.61. The second-order valence-electron chi connectivity index (χ2n) is 6.61. The number of carbonyl (C=O) groups excluding carboxylic acids is 2. The van der Waals surface area contributed by atoms with Crippen molar-refractivity contribution < 1.29 is 9.59 Å². The van der Waals surface area contributed by atoms with Crippen LogP contribution in [0.2, 0.25) is 0 Å². The van der Waals surface area contributed by atoms with Crippen molar-refractivity contribution in [3.8, 4) is 0 Å². The molecule has 1 aliphatic carbocycles. The maximum Gasteiger partial charge on any atom is 0.224 e. The van der Waals surface area contributed by atoms with Gasteiger partial charge in [0.05, 0.1) is 6.42 Å². The van der Waals surface area contributed by atoms with Crippen LogP contribution in [0.1, 0.15) is 44.1 Å². The average Bonchev–Trinajstić information content (AvgIpc) is 2.54. The van der Waals surface area contributed by atoms with E-state index in [2.05, 4.69) is 10.6 Å². The lowest BCUT2D eigenvalue weighted by molar-refractivity contribution is -0.125. The molecular weight excluding hydrogens is 290 g/mol. The summed E-state index contributed by atoms with van der Waals surface area (Å²) in [6.07, 6.45) is 6.28. The predicted molar refractivity (Wildman–Crippen MR) is 91.8 cm³/mol. The Balaban J connectivity index is 1.92. The first-order chi connectivity index (χ1) is 11.0. The number of amides is 2. The fraction of sp³-hybridized carbons (Fsp3) is 0.556. The van der Waals surface area contributed by atoms with Crippen LogP contribution in [0.4, 0.5) is 5.69 Å². The van der Waals surface area contributed by atoms with Gasteiger partial charge in [0.25, 0.3) is 0 Å². The Hall–Kier alpha value is -2.04. The molecule has 1 saturated carbocycles. The molecular formula is C18H27N3O2. The maximum atomic E-state index is 12.2. The van der Waals surface area contributed by atoms with E-state index in [1.165, 1.54) is 6.42 Å². The smallest absolute Gasteiger partial charge is 0.224 e. The molecule has 1 fully saturated rings. The van der Waals surface area contributed by atoms with Gasteiger partial charge in [-0.25, -0.2) is 0 Å². The summed E-state index contributed by atoms with van der Waals surface area (Å²) in [7, 11) is 1.66. The fourth-order valence-electron chi connectivity index (χ4n) is 3.38. The highest BCUT2D eigenvalue weighted by Crippen LogP contribution is 2.38. The molecule has 1 aromatic carbocycles. The summed E-state index contributed by atoms with van der Waals surface area (Å²) in [4.78, 5) is 24.0. The van der Waals surface area contributed by atoms with Crippen molar-refractivity contribution in [2.75, 3.05) is 19.3 Å². The Morgan fingerprint density at radius 3 is 2.57 bits per heavy atom. The molecule has 2 amide bonds.